The van der Waals surface area contributed by atoms with Crippen LogP contribution in [0.25, 0.3) is 0 Å². The van der Waals surface area contributed by atoms with Gasteiger partial charge in [0.25, 0.3) is 5.69 Å². The first-order valence-electron chi connectivity index (χ1n) is 8.00. The number of benzene rings is 1. The molecule has 27 heavy (non-hydrogen) atoms. The van der Waals surface area contributed by atoms with Crippen LogP contribution in [0.1, 0.15) is 19.4 Å². The van der Waals surface area contributed by atoms with E-state index in [0.717, 1.165) is 4.90 Å². The standard InChI is InChI=1S/C16H17N3O7S/c1-15(2)16(14(22)23,7-9-3-5-10(6-4-9)19(24)25)18-12(21)11(17-8-20)13(18)27(15)26/h3-6,8,11,13H,7H2,1-2H3,(H,17,20)(H,22,23)/t11-,13-,16?,27?/m1/s1. The molecule has 1 aromatic rings. The number of rotatable bonds is 6. The first-order chi connectivity index (χ1) is 12.6. The molecule has 2 aliphatic rings. The van der Waals surface area contributed by atoms with Crippen molar-refractivity contribution in [3.63, 3.8) is 0 Å². The first-order valence-corrected chi connectivity index (χ1v) is 9.21. The normalized spacial score (nSPS) is 31.0. The lowest BCUT2D eigenvalue weighted by atomic mass is 9.76. The number of nitrogens with zero attached hydrogens (tertiary/aromatic N) is 2. The fourth-order valence-electron chi connectivity index (χ4n) is 3.84. The third kappa shape index (κ3) is 2.37. The molecule has 2 heterocycles. The number of carboxylic acid groups (broad SMARTS) is 1. The minimum Gasteiger partial charge on any atom is -0.479 e. The molecule has 2 saturated heterocycles. The Morgan fingerprint density at radius 1 is 1.41 bits per heavy atom. The molecule has 11 heteroatoms. The van der Waals surface area contributed by atoms with Crippen LogP contribution in [0.15, 0.2) is 24.3 Å². The Morgan fingerprint density at radius 3 is 2.48 bits per heavy atom. The van der Waals surface area contributed by atoms with E-state index in [-0.39, 0.29) is 12.1 Å². The summed E-state index contributed by atoms with van der Waals surface area (Å²) in [6, 6.07) is 4.30. The summed E-state index contributed by atoms with van der Waals surface area (Å²) in [5.74, 6) is -1.94. The van der Waals surface area contributed by atoms with Gasteiger partial charge in [-0.3, -0.25) is 23.9 Å². The molecule has 0 spiro atoms. The molecule has 0 radical (unpaired) electrons. The predicted molar refractivity (Wildman–Crippen MR) is 93.0 cm³/mol. The molecule has 144 valence electrons. The Kier molecular flexibility index (Phi) is 4.29. The van der Waals surface area contributed by atoms with Crippen LogP contribution < -0.4 is 5.32 Å². The zero-order valence-corrected chi connectivity index (χ0v) is 15.3. The predicted octanol–water partition coefficient (Wildman–Crippen LogP) is -0.215. The van der Waals surface area contributed by atoms with E-state index in [4.69, 9.17) is 0 Å². The van der Waals surface area contributed by atoms with Crippen LogP contribution >= 0.6 is 0 Å². The number of amides is 2. The number of carboxylic acids is 1. The molecule has 4 atom stereocenters. The average molecular weight is 395 g/mol. The SMILES string of the molecule is CC1(C)S(=O)[C@@H]2[C@H](NC=O)C(=O)N2C1(Cc1ccc([N+](=O)[O-])cc1)C(=O)O. The highest BCUT2D eigenvalue weighted by Gasteiger charge is 2.75. The van der Waals surface area contributed by atoms with Crippen molar-refractivity contribution >= 4 is 34.8 Å². The van der Waals surface area contributed by atoms with Crippen molar-refractivity contribution in [3.8, 4) is 0 Å². The molecule has 2 amide bonds. The first kappa shape index (κ1) is 19.0. The largest absolute Gasteiger partial charge is 0.479 e. The van der Waals surface area contributed by atoms with Crippen LogP contribution in [-0.2, 0) is 31.6 Å². The number of aliphatic carboxylic acids is 1. The van der Waals surface area contributed by atoms with E-state index >= 15 is 0 Å². The van der Waals surface area contributed by atoms with Gasteiger partial charge in [-0.2, -0.15) is 0 Å². The zero-order chi connectivity index (χ0) is 20.1. The molecule has 3 rings (SSSR count). The average Bonchev–Trinajstić information content (AvgIpc) is 2.76. The van der Waals surface area contributed by atoms with Crippen molar-refractivity contribution in [2.24, 2.45) is 0 Å². The molecule has 10 nitrogen and oxygen atoms in total. The molecular formula is C16H17N3O7S. The summed E-state index contributed by atoms with van der Waals surface area (Å²) in [5, 5.41) is 22.2. The highest BCUT2D eigenvalue weighted by molar-refractivity contribution is 7.87. The van der Waals surface area contributed by atoms with E-state index in [9.17, 15) is 33.8 Å². The summed E-state index contributed by atoms with van der Waals surface area (Å²) < 4.78 is 11.7. The number of carbonyl (C=O) groups is 3. The minimum absolute atomic E-state index is 0.148. The number of hydrogen-bond acceptors (Lipinski definition) is 6. The van der Waals surface area contributed by atoms with Crippen molar-refractivity contribution < 1.29 is 28.6 Å². The summed E-state index contributed by atoms with van der Waals surface area (Å²) in [6.45, 7) is 3.01. The summed E-state index contributed by atoms with van der Waals surface area (Å²) in [6.07, 6.45) is 0.149. The van der Waals surface area contributed by atoms with Crippen LogP contribution in [0.3, 0.4) is 0 Å². The Hall–Kier alpha value is -2.82. The van der Waals surface area contributed by atoms with Gasteiger partial charge in [0.1, 0.15) is 11.4 Å². The lowest BCUT2D eigenvalue weighted by molar-refractivity contribution is -0.384. The lowest BCUT2D eigenvalue weighted by Gasteiger charge is -2.49. The summed E-state index contributed by atoms with van der Waals surface area (Å²) >= 11 is 0. The van der Waals surface area contributed by atoms with Gasteiger partial charge >= 0.3 is 5.97 Å². The summed E-state index contributed by atoms with van der Waals surface area (Å²) in [4.78, 5) is 46.9. The van der Waals surface area contributed by atoms with Gasteiger partial charge in [-0.25, -0.2) is 4.79 Å². The minimum atomic E-state index is -1.81. The zero-order valence-electron chi connectivity index (χ0n) is 14.4. The topological polar surface area (TPSA) is 147 Å². The van der Waals surface area contributed by atoms with Gasteiger partial charge in [0.05, 0.1) is 20.5 Å². The van der Waals surface area contributed by atoms with E-state index in [0.29, 0.717) is 12.0 Å². The van der Waals surface area contributed by atoms with Gasteiger partial charge in [0.15, 0.2) is 5.54 Å². The van der Waals surface area contributed by atoms with Gasteiger partial charge in [0, 0.05) is 18.6 Å². The van der Waals surface area contributed by atoms with Crippen LogP contribution in [0.4, 0.5) is 5.69 Å². The van der Waals surface area contributed by atoms with Gasteiger partial charge in [-0.05, 0) is 19.4 Å². The molecular weight excluding hydrogens is 378 g/mol. The summed E-state index contributed by atoms with van der Waals surface area (Å²) in [7, 11) is -1.75. The van der Waals surface area contributed by atoms with E-state index in [1.807, 2.05) is 0 Å². The number of fused-ring (bicyclic) bond motifs is 1. The van der Waals surface area contributed by atoms with Gasteiger partial charge in [0.2, 0.25) is 12.3 Å². The molecule has 2 unspecified atom stereocenters. The molecule has 0 aliphatic carbocycles. The van der Waals surface area contributed by atoms with Crippen molar-refractivity contribution in [2.45, 2.75) is 42.0 Å². The van der Waals surface area contributed by atoms with Gasteiger partial charge in [-0.1, -0.05) is 12.1 Å². The monoisotopic (exact) mass is 395 g/mol. The second-order valence-corrected chi connectivity index (χ2v) is 9.03. The fourth-order valence-corrected chi connectivity index (χ4v) is 5.95. The van der Waals surface area contributed by atoms with Crippen molar-refractivity contribution in [2.75, 3.05) is 0 Å². The molecule has 0 bridgehead atoms. The fraction of sp³-hybridized carbons (Fsp3) is 0.438. The number of nitro groups is 1. The number of nitro benzene ring substituents is 1. The van der Waals surface area contributed by atoms with Gasteiger partial charge in [-0.15, -0.1) is 0 Å². The second kappa shape index (κ2) is 6.12. The Morgan fingerprint density at radius 2 is 2.00 bits per heavy atom. The van der Waals surface area contributed by atoms with Crippen LogP contribution in [0.5, 0.6) is 0 Å². The molecule has 1 aromatic carbocycles. The lowest BCUT2D eigenvalue weighted by Crippen LogP contribution is -2.75. The van der Waals surface area contributed by atoms with E-state index in [1.54, 1.807) is 0 Å². The number of β-lactam (4-membered cyclic amide) rings is 1. The Balaban J connectivity index is 2.06. The maximum Gasteiger partial charge on any atom is 0.331 e. The van der Waals surface area contributed by atoms with Crippen molar-refractivity contribution in [1.29, 1.82) is 0 Å². The van der Waals surface area contributed by atoms with E-state index in [2.05, 4.69) is 5.32 Å². The molecule has 2 N–H and O–H groups in total. The molecule has 0 aromatic heterocycles. The number of hydrogen-bond donors (Lipinski definition) is 2. The highest BCUT2D eigenvalue weighted by Crippen LogP contribution is 2.51. The van der Waals surface area contributed by atoms with Crippen LogP contribution in [-0.4, -0.2) is 59.1 Å². The smallest absolute Gasteiger partial charge is 0.331 e. The van der Waals surface area contributed by atoms with Crippen molar-refractivity contribution in [3.05, 3.63) is 39.9 Å². The quantitative estimate of drug-likeness (QED) is 0.293. The second-order valence-electron chi connectivity index (χ2n) is 6.93. The molecule has 0 saturated carbocycles. The number of nitrogens with one attached hydrogen (secondary N) is 1. The van der Waals surface area contributed by atoms with E-state index < -0.39 is 49.3 Å². The highest BCUT2D eigenvalue weighted by atomic mass is 32.2. The third-order valence-corrected chi connectivity index (χ3v) is 7.65. The Labute approximate surface area is 156 Å². The van der Waals surface area contributed by atoms with Gasteiger partial charge < -0.3 is 15.3 Å². The van der Waals surface area contributed by atoms with Crippen LogP contribution in [0, 0.1) is 10.1 Å². The number of carbonyl (C=O) groups excluding carboxylic acids is 2. The maximum atomic E-state index is 13.0. The molecule has 2 fully saturated rings. The number of non-ortho nitro benzene ring substituents is 1. The third-order valence-electron chi connectivity index (χ3n) is 5.38. The Bertz CT molecular complexity index is 869. The maximum absolute atomic E-state index is 13.0. The molecule has 2 aliphatic heterocycles. The van der Waals surface area contributed by atoms with Crippen LogP contribution in [0.2, 0.25) is 0 Å². The van der Waals surface area contributed by atoms with E-state index in [1.165, 1.54) is 38.1 Å². The summed E-state index contributed by atoms with van der Waals surface area (Å²) in [5.41, 5.74) is -1.50. The van der Waals surface area contributed by atoms with Crippen molar-refractivity contribution in [1.82, 2.24) is 10.2 Å².